The van der Waals surface area contributed by atoms with Crippen molar-refractivity contribution in [2.24, 2.45) is 0 Å². The number of hydrogen-bond donors (Lipinski definition) is 1. The molecule has 4 heterocycles. The monoisotopic (exact) mass is 478 g/mol. The van der Waals surface area contributed by atoms with E-state index in [1.165, 1.54) is 13.2 Å². The number of nitrogens with zero attached hydrogens (tertiary/aromatic N) is 5. The van der Waals surface area contributed by atoms with Crippen molar-refractivity contribution in [2.45, 2.75) is 51.5 Å². The number of anilines is 1. The van der Waals surface area contributed by atoms with E-state index in [1.54, 1.807) is 37.3 Å². The van der Waals surface area contributed by atoms with Crippen molar-refractivity contribution >= 4 is 11.7 Å². The number of amides is 1. The van der Waals surface area contributed by atoms with E-state index in [0.717, 1.165) is 48.1 Å². The highest BCUT2D eigenvalue weighted by Gasteiger charge is 2.32. The molecule has 0 radical (unpaired) electrons. The van der Waals surface area contributed by atoms with Crippen LogP contribution in [0.15, 0.2) is 36.8 Å². The molecule has 8 nitrogen and oxygen atoms in total. The van der Waals surface area contributed by atoms with Gasteiger partial charge in [-0.3, -0.25) is 4.79 Å². The minimum absolute atomic E-state index is 0.154. The molecule has 1 aliphatic rings. The fourth-order valence-corrected chi connectivity index (χ4v) is 4.42. The van der Waals surface area contributed by atoms with Crippen LogP contribution in [0.4, 0.5) is 10.2 Å². The van der Waals surface area contributed by atoms with Gasteiger partial charge < -0.3 is 15.0 Å². The molecule has 3 aromatic rings. The molecule has 1 aliphatic heterocycles. The predicted molar refractivity (Wildman–Crippen MR) is 132 cm³/mol. The van der Waals surface area contributed by atoms with Gasteiger partial charge in [0.15, 0.2) is 5.82 Å². The van der Waals surface area contributed by atoms with Crippen LogP contribution < -0.4 is 10.1 Å². The van der Waals surface area contributed by atoms with Crippen molar-refractivity contribution < 1.29 is 13.9 Å². The normalized spacial score (nSPS) is 17.8. The first kappa shape index (κ1) is 24.5. The summed E-state index contributed by atoms with van der Waals surface area (Å²) in [7, 11) is 3.22. The summed E-state index contributed by atoms with van der Waals surface area (Å²) in [6.45, 7) is 6.34. The number of hydrogen-bond acceptors (Lipinski definition) is 7. The Balaban J connectivity index is 1.42. The average molecular weight is 479 g/mol. The summed E-state index contributed by atoms with van der Waals surface area (Å²) in [5.74, 6) is 0.506. The maximum absolute atomic E-state index is 14.3. The van der Waals surface area contributed by atoms with Crippen molar-refractivity contribution in [2.75, 3.05) is 26.0 Å². The molecule has 1 N–H and O–H groups in total. The Kier molecular flexibility index (Phi) is 6.95. The maximum atomic E-state index is 14.3. The van der Waals surface area contributed by atoms with Crippen LogP contribution in [0.5, 0.6) is 5.88 Å². The number of methoxy groups -OCH3 is 1. The third-order valence-electron chi connectivity index (χ3n) is 6.75. The molecule has 2 atom stereocenters. The Labute approximate surface area is 205 Å². The second-order valence-corrected chi connectivity index (χ2v) is 9.37. The molecule has 9 heteroatoms. The fraction of sp³-hybridized carbons (Fsp3) is 0.423. The Morgan fingerprint density at radius 2 is 2.03 bits per heavy atom. The molecule has 0 bridgehead atoms. The minimum Gasteiger partial charge on any atom is -0.481 e. The Morgan fingerprint density at radius 1 is 1.29 bits per heavy atom. The quantitative estimate of drug-likeness (QED) is 0.545. The van der Waals surface area contributed by atoms with Crippen LogP contribution >= 0.6 is 0 Å². The number of carbonyl (C=O) groups excluding carboxylic acids is 1. The van der Waals surface area contributed by atoms with Crippen molar-refractivity contribution in [3.63, 3.8) is 0 Å². The van der Waals surface area contributed by atoms with E-state index in [4.69, 9.17) is 9.72 Å². The number of halogens is 1. The Morgan fingerprint density at radius 3 is 2.74 bits per heavy atom. The molecular weight excluding hydrogens is 447 g/mol. The summed E-state index contributed by atoms with van der Waals surface area (Å²) in [4.78, 5) is 32.1. The standard InChI is InChI=1S/C26H31FN6O2/c1-16(19-14-22(35-5)30-15-21(19)27)25(34)33(4)12-9-26(3)8-7-18-13-20(17(2)31-23(18)32-26)24-28-10-6-11-29-24/h6,10-11,13-16H,7-9,12H2,1-5H3,(H,31,32)/t16-,26-/m1/s1. The molecule has 0 spiro atoms. The SMILES string of the molecule is COc1cc([C@@H](C)C(=O)N(C)CC[C@@]2(C)CCc3cc(-c4ncccn4)c(C)nc3N2)c(F)cn1. The van der Waals surface area contributed by atoms with Crippen LogP contribution in [0, 0.1) is 12.7 Å². The van der Waals surface area contributed by atoms with E-state index >= 15 is 0 Å². The van der Waals surface area contributed by atoms with Gasteiger partial charge in [0.1, 0.15) is 11.6 Å². The number of aryl methyl sites for hydroxylation is 2. The number of pyridine rings is 2. The number of nitrogens with one attached hydrogen (secondary N) is 1. The molecule has 35 heavy (non-hydrogen) atoms. The van der Waals surface area contributed by atoms with Gasteiger partial charge >= 0.3 is 0 Å². The molecule has 0 fully saturated rings. The van der Waals surface area contributed by atoms with Crippen molar-refractivity contribution in [3.05, 3.63) is 59.4 Å². The second kappa shape index (κ2) is 9.93. The van der Waals surface area contributed by atoms with Crippen molar-refractivity contribution in [1.82, 2.24) is 24.8 Å². The van der Waals surface area contributed by atoms with Gasteiger partial charge in [-0.1, -0.05) is 0 Å². The lowest BCUT2D eigenvalue weighted by Crippen LogP contribution is -2.43. The van der Waals surface area contributed by atoms with Crippen molar-refractivity contribution in [1.29, 1.82) is 0 Å². The zero-order chi connectivity index (χ0) is 25.2. The molecule has 3 aromatic heterocycles. The van der Waals surface area contributed by atoms with Crippen LogP contribution in [0.1, 0.15) is 49.4 Å². The minimum atomic E-state index is -0.646. The second-order valence-electron chi connectivity index (χ2n) is 9.37. The average Bonchev–Trinajstić information content (AvgIpc) is 2.87. The summed E-state index contributed by atoms with van der Waals surface area (Å²) in [5, 5.41) is 3.60. The number of fused-ring (bicyclic) bond motifs is 1. The predicted octanol–water partition coefficient (Wildman–Crippen LogP) is 4.16. The van der Waals surface area contributed by atoms with E-state index < -0.39 is 11.7 Å². The molecule has 184 valence electrons. The number of carbonyl (C=O) groups is 1. The highest BCUT2D eigenvalue weighted by molar-refractivity contribution is 5.83. The summed E-state index contributed by atoms with van der Waals surface area (Å²) < 4.78 is 19.4. The smallest absolute Gasteiger partial charge is 0.229 e. The van der Waals surface area contributed by atoms with Gasteiger partial charge in [-0.2, -0.15) is 0 Å². The first-order valence-corrected chi connectivity index (χ1v) is 11.7. The fourth-order valence-electron chi connectivity index (χ4n) is 4.42. The van der Waals surface area contributed by atoms with E-state index in [1.807, 2.05) is 6.92 Å². The molecule has 0 saturated carbocycles. The third-order valence-corrected chi connectivity index (χ3v) is 6.75. The lowest BCUT2D eigenvalue weighted by atomic mass is 9.85. The summed E-state index contributed by atoms with van der Waals surface area (Å²) in [6.07, 6.45) is 7.04. The van der Waals surface area contributed by atoms with Gasteiger partial charge in [0.05, 0.1) is 24.9 Å². The van der Waals surface area contributed by atoms with E-state index in [0.29, 0.717) is 12.4 Å². The number of aromatic nitrogens is 4. The Bertz CT molecular complexity index is 1220. The van der Waals surface area contributed by atoms with E-state index in [2.05, 4.69) is 33.3 Å². The van der Waals surface area contributed by atoms with E-state index in [9.17, 15) is 9.18 Å². The number of ether oxygens (including phenoxy) is 1. The molecule has 0 aromatic carbocycles. The van der Waals surface area contributed by atoms with Crippen LogP contribution in [-0.4, -0.2) is 57.0 Å². The van der Waals surface area contributed by atoms with Gasteiger partial charge in [-0.05, 0) is 57.7 Å². The van der Waals surface area contributed by atoms with Crippen LogP contribution in [0.25, 0.3) is 11.4 Å². The van der Waals surface area contributed by atoms with Gasteiger partial charge in [0.2, 0.25) is 11.8 Å². The molecule has 4 rings (SSSR count). The number of rotatable bonds is 7. The topological polar surface area (TPSA) is 93.1 Å². The summed E-state index contributed by atoms with van der Waals surface area (Å²) in [5.41, 5.74) is 3.00. The van der Waals surface area contributed by atoms with Crippen LogP contribution in [0.2, 0.25) is 0 Å². The lowest BCUT2D eigenvalue weighted by molar-refractivity contribution is -0.131. The first-order valence-electron chi connectivity index (χ1n) is 11.7. The van der Waals surface area contributed by atoms with Gasteiger partial charge in [0, 0.05) is 48.7 Å². The highest BCUT2D eigenvalue weighted by Crippen LogP contribution is 2.34. The summed E-state index contributed by atoms with van der Waals surface area (Å²) >= 11 is 0. The molecule has 1 amide bonds. The number of likely N-dealkylation sites (N-methyl/N-ethyl adjacent to an activating group) is 1. The summed E-state index contributed by atoms with van der Waals surface area (Å²) in [6, 6.07) is 5.40. The van der Waals surface area contributed by atoms with E-state index in [-0.39, 0.29) is 22.9 Å². The molecular formula is C26H31FN6O2. The van der Waals surface area contributed by atoms with Gasteiger partial charge in [-0.15, -0.1) is 0 Å². The van der Waals surface area contributed by atoms with Crippen molar-refractivity contribution in [3.8, 4) is 17.3 Å². The van der Waals surface area contributed by atoms with Gasteiger partial charge in [-0.25, -0.2) is 24.3 Å². The molecule has 0 unspecified atom stereocenters. The van der Waals surface area contributed by atoms with Crippen LogP contribution in [0.3, 0.4) is 0 Å². The molecule has 0 saturated heterocycles. The zero-order valence-corrected chi connectivity index (χ0v) is 20.8. The zero-order valence-electron chi connectivity index (χ0n) is 20.8. The lowest BCUT2D eigenvalue weighted by Gasteiger charge is -2.38. The third kappa shape index (κ3) is 5.23. The molecule has 0 aliphatic carbocycles. The van der Waals surface area contributed by atoms with Gasteiger partial charge in [0.25, 0.3) is 0 Å². The van der Waals surface area contributed by atoms with Crippen LogP contribution in [-0.2, 0) is 11.2 Å². The largest absolute Gasteiger partial charge is 0.481 e. The first-order chi connectivity index (χ1) is 16.7. The highest BCUT2D eigenvalue weighted by atomic mass is 19.1. The Hall–Kier alpha value is -3.62. The maximum Gasteiger partial charge on any atom is 0.229 e.